The molecule has 32 heavy (non-hydrogen) atoms. The van der Waals surface area contributed by atoms with Gasteiger partial charge in [-0.3, -0.25) is 4.79 Å². The van der Waals surface area contributed by atoms with Gasteiger partial charge in [0.15, 0.2) is 0 Å². The minimum absolute atomic E-state index is 0.265. The molecule has 4 rings (SSSR count). The number of hydrogen-bond acceptors (Lipinski definition) is 6. The second-order valence-corrected chi connectivity index (χ2v) is 8.65. The number of esters is 1. The topological polar surface area (TPSA) is 81.4 Å². The molecule has 4 aromatic rings. The third-order valence-corrected chi connectivity index (χ3v) is 6.39. The van der Waals surface area contributed by atoms with Crippen LogP contribution in [0.1, 0.15) is 46.2 Å². The molecule has 0 radical (unpaired) electrons. The van der Waals surface area contributed by atoms with Gasteiger partial charge < -0.3 is 14.6 Å². The summed E-state index contributed by atoms with van der Waals surface area (Å²) in [4.78, 5) is 26.2. The third-order valence-electron chi connectivity index (χ3n) is 4.98. The largest absolute Gasteiger partial charge is 0.462 e. The number of amides is 1. The van der Waals surface area contributed by atoms with E-state index in [2.05, 4.69) is 10.5 Å². The first kappa shape index (κ1) is 22.0. The molecule has 1 N–H and O–H groups in total. The molecular formula is C24H21ClN2O4S. The Labute approximate surface area is 194 Å². The van der Waals surface area contributed by atoms with Gasteiger partial charge in [-0.15, -0.1) is 11.3 Å². The molecule has 2 aromatic carbocycles. The summed E-state index contributed by atoms with van der Waals surface area (Å²) in [5.41, 5.74) is 1.55. The second kappa shape index (κ2) is 9.54. The molecule has 2 heterocycles. The molecule has 0 unspecified atom stereocenters. The van der Waals surface area contributed by atoms with Gasteiger partial charge in [0.1, 0.15) is 27.6 Å². The lowest BCUT2D eigenvalue weighted by atomic mass is 10.1. The molecule has 0 aliphatic heterocycles. The van der Waals surface area contributed by atoms with E-state index in [9.17, 15) is 9.59 Å². The van der Waals surface area contributed by atoms with E-state index in [0.29, 0.717) is 39.2 Å². The maximum absolute atomic E-state index is 13.3. The minimum Gasteiger partial charge on any atom is -0.462 e. The van der Waals surface area contributed by atoms with Gasteiger partial charge in [0.2, 0.25) is 0 Å². The highest BCUT2D eigenvalue weighted by atomic mass is 35.5. The predicted molar refractivity (Wildman–Crippen MR) is 127 cm³/mol. The van der Waals surface area contributed by atoms with E-state index < -0.39 is 11.9 Å². The van der Waals surface area contributed by atoms with Crippen LogP contribution >= 0.6 is 22.9 Å². The van der Waals surface area contributed by atoms with Crippen LogP contribution in [0.4, 0.5) is 5.00 Å². The summed E-state index contributed by atoms with van der Waals surface area (Å²) in [6.07, 6.45) is 1.69. The van der Waals surface area contributed by atoms with Crippen molar-refractivity contribution in [3.8, 4) is 11.3 Å². The Morgan fingerprint density at radius 2 is 1.88 bits per heavy atom. The molecule has 1 amide bonds. The van der Waals surface area contributed by atoms with Gasteiger partial charge in [-0.2, -0.15) is 0 Å². The second-order valence-electron chi connectivity index (χ2n) is 7.19. The zero-order valence-electron chi connectivity index (χ0n) is 17.6. The molecule has 0 aliphatic carbocycles. The summed E-state index contributed by atoms with van der Waals surface area (Å²) in [5.74, 6) is -0.544. The zero-order chi connectivity index (χ0) is 22.7. The molecule has 0 saturated carbocycles. The van der Waals surface area contributed by atoms with Crippen molar-refractivity contribution in [1.29, 1.82) is 0 Å². The molecule has 0 aliphatic rings. The van der Waals surface area contributed by atoms with Crippen LogP contribution in [0, 0.1) is 6.92 Å². The lowest BCUT2D eigenvalue weighted by Crippen LogP contribution is -2.16. The number of unbranched alkanes of at least 4 members (excludes halogenated alkanes) is 1. The number of benzene rings is 2. The molecule has 164 valence electrons. The third kappa shape index (κ3) is 4.26. The van der Waals surface area contributed by atoms with Gasteiger partial charge >= 0.3 is 5.97 Å². The summed E-state index contributed by atoms with van der Waals surface area (Å²) < 4.78 is 11.6. The molecule has 0 fully saturated rings. The number of thiophene rings is 1. The fraction of sp³-hybridized carbons (Fsp3) is 0.208. The summed E-state index contributed by atoms with van der Waals surface area (Å²) in [6.45, 7) is 4.01. The zero-order valence-corrected chi connectivity index (χ0v) is 19.2. The summed E-state index contributed by atoms with van der Waals surface area (Å²) >= 11 is 7.63. The normalized spacial score (nSPS) is 11.0. The Balaban J connectivity index is 1.71. The number of nitrogens with zero attached hydrogens (tertiary/aromatic N) is 1. The molecule has 0 atom stereocenters. The van der Waals surface area contributed by atoms with E-state index in [1.807, 2.05) is 37.3 Å². The van der Waals surface area contributed by atoms with E-state index in [1.54, 1.807) is 25.1 Å². The minimum atomic E-state index is -0.459. The Morgan fingerprint density at radius 1 is 1.12 bits per heavy atom. The summed E-state index contributed by atoms with van der Waals surface area (Å²) in [7, 11) is 0. The van der Waals surface area contributed by atoms with Crippen LogP contribution in [0.15, 0.2) is 53.1 Å². The smallest absolute Gasteiger partial charge is 0.341 e. The van der Waals surface area contributed by atoms with Crippen molar-refractivity contribution in [2.24, 2.45) is 0 Å². The van der Waals surface area contributed by atoms with Crippen molar-refractivity contribution in [3.63, 3.8) is 0 Å². The highest BCUT2D eigenvalue weighted by molar-refractivity contribution is 7.23. The first-order chi connectivity index (χ1) is 15.5. The molecule has 8 heteroatoms. The molecule has 0 bridgehead atoms. The van der Waals surface area contributed by atoms with Crippen LogP contribution < -0.4 is 5.32 Å². The number of fused-ring (bicyclic) bond motifs is 1. The van der Waals surface area contributed by atoms with E-state index >= 15 is 0 Å². The van der Waals surface area contributed by atoms with Crippen LogP contribution in [0.5, 0.6) is 0 Å². The number of aryl methyl sites for hydroxylation is 1. The van der Waals surface area contributed by atoms with Crippen LogP contribution in [-0.4, -0.2) is 23.6 Å². The fourth-order valence-electron chi connectivity index (χ4n) is 3.36. The first-order valence-corrected chi connectivity index (χ1v) is 11.4. The van der Waals surface area contributed by atoms with Gasteiger partial charge in [0, 0.05) is 15.6 Å². The molecule has 6 nitrogen and oxygen atoms in total. The van der Waals surface area contributed by atoms with Crippen LogP contribution in [0.3, 0.4) is 0 Å². The number of rotatable bonds is 7. The predicted octanol–water partition coefficient (Wildman–Crippen LogP) is 6.73. The lowest BCUT2D eigenvalue weighted by molar-refractivity contribution is 0.0503. The average Bonchev–Trinajstić information content (AvgIpc) is 3.34. The maximum atomic E-state index is 13.3. The van der Waals surface area contributed by atoms with Crippen molar-refractivity contribution in [3.05, 3.63) is 70.4 Å². The van der Waals surface area contributed by atoms with Crippen molar-refractivity contribution in [2.75, 3.05) is 11.9 Å². The highest BCUT2D eigenvalue weighted by Crippen LogP contribution is 2.37. The number of aromatic nitrogens is 1. The van der Waals surface area contributed by atoms with Crippen molar-refractivity contribution < 1.29 is 18.8 Å². The van der Waals surface area contributed by atoms with Crippen molar-refractivity contribution in [2.45, 2.75) is 26.7 Å². The van der Waals surface area contributed by atoms with Crippen molar-refractivity contribution in [1.82, 2.24) is 5.16 Å². The quantitative estimate of drug-likeness (QED) is 0.240. The van der Waals surface area contributed by atoms with Gasteiger partial charge in [0.25, 0.3) is 5.91 Å². The number of nitrogens with one attached hydrogen (secondary N) is 1. The Kier molecular flexibility index (Phi) is 6.58. The highest BCUT2D eigenvalue weighted by Gasteiger charge is 2.27. The van der Waals surface area contributed by atoms with Crippen molar-refractivity contribution >= 4 is 49.9 Å². The first-order valence-electron chi connectivity index (χ1n) is 10.2. The van der Waals surface area contributed by atoms with Crippen LogP contribution in [0.2, 0.25) is 5.02 Å². The summed E-state index contributed by atoms with van der Waals surface area (Å²) in [6, 6.07) is 14.6. The molecule has 0 saturated heterocycles. The number of hydrogen-bond donors (Lipinski definition) is 1. The summed E-state index contributed by atoms with van der Waals surface area (Å²) in [5, 5.41) is 8.54. The maximum Gasteiger partial charge on any atom is 0.341 e. The number of carbonyl (C=O) groups excluding carboxylic acids is 2. The molecule has 2 aromatic heterocycles. The SMILES string of the molecule is CCCCOC(=O)c1c(NC(=O)c2c(-c3ccccc3Cl)noc2C)sc2ccccc12. The fourth-order valence-corrected chi connectivity index (χ4v) is 4.67. The van der Waals surface area contributed by atoms with E-state index in [-0.39, 0.29) is 5.56 Å². The lowest BCUT2D eigenvalue weighted by Gasteiger charge is -2.08. The van der Waals surface area contributed by atoms with Gasteiger partial charge in [-0.25, -0.2) is 4.79 Å². The number of anilines is 1. The number of halogens is 1. The molecular weight excluding hydrogens is 448 g/mol. The van der Waals surface area contributed by atoms with E-state index in [1.165, 1.54) is 11.3 Å². The standard InChI is InChI=1S/C24H21ClN2O4S/c1-3-4-13-30-24(29)20-16-10-6-8-12-18(16)32-23(20)26-22(28)19-14(2)31-27-21(19)15-9-5-7-11-17(15)25/h5-12H,3-4,13H2,1-2H3,(H,26,28). The Bertz CT molecular complexity index is 1290. The van der Waals surface area contributed by atoms with Gasteiger partial charge in [-0.1, -0.05) is 66.5 Å². The van der Waals surface area contributed by atoms with E-state index in [0.717, 1.165) is 22.9 Å². The van der Waals surface area contributed by atoms with Gasteiger partial charge in [0.05, 0.1) is 11.6 Å². The van der Waals surface area contributed by atoms with Gasteiger partial charge in [-0.05, 0) is 25.5 Å². The monoisotopic (exact) mass is 468 g/mol. The average molecular weight is 469 g/mol. The van der Waals surface area contributed by atoms with E-state index in [4.69, 9.17) is 20.9 Å². The molecule has 0 spiro atoms. The van der Waals surface area contributed by atoms with Crippen LogP contribution in [0.25, 0.3) is 21.3 Å². The Hall–Kier alpha value is -3.16. The van der Waals surface area contributed by atoms with Crippen LogP contribution in [-0.2, 0) is 4.74 Å². The number of ether oxygens (including phenoxy) is 1. The Morgan fingerprint density at radius 3 is 2.66 bits per heavy atom. The number of carbonyl (C=O) groups is 2.